The highest BCUT2D eigenvalue weighted by atomic mass is 32.2. The van der Waals surface area contributed by atoms with E-state index in [0.717, 1.165) is 35.0 Å². The van der Waals surface area contributed by atoms with Gasteiger partial charge < -0.3 is 23.5 Å². The van der Waals surface area contributed by atoms with Crippen LogP contribution in [0.2, 0.25) is 0 Å². The number of anilines is 1. The third-order valence-electron chi connectivity index (χ3n) is 5.37. The number of amides is 1. The molecule has 0 aliphatic carbocycles. The predicted molar refractivity (Wildman–Crippen MR) is 129 cm³/mol. The van der Waals surface area contributed by atoms with Crippen LogP contribution >= 0.6 is 23.4 Å². The summed E-state index contributed by atoms with van der Waals surface area (Å²) in [5.74, 6) is 2.27. The second kappa shape index (κ2) is 10.7. The van der Waals surface area contributed by atoms with Crippen molar-refractivity contribution in [1.82, 2.24) is 4.90 Å². The Morgan fingerprint density at radius 1 is 0.969 bits per heavy atom. The highest BCUT2D eigenvalue weighted by molar-refractivity contribution is 7.95. The summed E-state index contributed by atoms with van der Waals surface area (Å²) in [5, 5.41) is 4.10. The Morgan fingerprint density at radius 3 is 2.38 bits per heavy atom. The van der Waals surface area contributed by atoms with E-state index in [1.54, 1.807) is 25.6 Å². The first kappa shape index (κ1) is 22.4. The highest BCUT2D eigenvalue weighted by Gasteiger charge is 2.22. The van der Waals surface area contributed by atoms with E-state index in [1.165, 1.54) is 12.0 Å². The average Bonchev–Trinajstić information content (AvgIpc) is 3.37. The first-order valence-corrected chi connectivity index (χ1v) is 12.0. The molecule has 2 aromatic carbocycles. The zero-order valence-corrected chi connectivity index (χ0v) is 19.8. The van der Waals surface area contributed by atoms with Crippen molar-refractivity contribution in [3.05, 3.63) is 64.9 Å². The van der Waals surface area contributed by atoms with E-state index in [2.05, 4.69) is 22.4 Å². The van der Waals surface area contributed by atoms with Gasteiger partial charge in [-0.15, -0.1) is 0 Å². The number of ether oxygens (including phenoxy) is 2. The maximum absolute atomic E-state index is 12.8. The molecule has 0 N–H and O–H groups in total. The fraction of sp³-hybridized carbons (Fsp3) is 0.292. The number of carbonyl (C=O) groups excluding carboxylic acids is 1. The Balaban J connectivity index is 1.27. The third-order valence-corrected chi connectivity index (χ3v) is 6.92. The van der Waals surface area contributed by atoms with Gasteiger partial charge in [-0.05, 0) is 53.4 Å². The van der Waals surface area contributed by atoms with Crippen molar-refractivity contribution < 1.29 is 18.5 Å². The van der Waals surface area contributed by atoms with E-state index in [4.69, 9.17) is 13.7 Å². The molecular weight excluding hydrogens is 444 g/mol. The fourth-order valence-corrected chi connectivity index (χ4v) is 4.95. The van der Waals surface area contributed by atoms with Crippen molar-refractivity contribution in [3.63, 3.8) is 0 Å². The molecule has 8 heteroatoms. The lowest BCUT2D eigenvalue weighted by molar-refractivity contribution is -0.130. The second-order valence-corrected chi connectivity index (χ2v) is 8.94. The molecule has 0 atom stereocenters. The van der Waals surface area contributed by atoms with Gasteiger partial charge in [-0.3, -0.25) is 4.79 Å². The summed E-state index contributed by atoms with van der Waals surface area (Å²) < 4.78 is 16.4. The van der Waals surface area contributed by atoms with Crippen LogP contribution in [-0.2, 0) is 11.2 Å². The minimum absolute atomic E-state index is 0.131. The van der Waals surface area contributed by atoms with Gasteiger partial charge >= 0.3 is 0 Å². The van der Waals surface area contributed by atoms with Crippen molar-refractivity contribution in [3.8, 4) is 17.2 Å². The molecule has 1 fully saturated rings. The van der Waals surface area contributed by atoms with Gasteiger partial charge in [0, 0.05) is 37.2 Å². The molecule has 0 spiro atoms. The first-order chi connectivity index (χ1) is 15.7. The minimum Gasteiger partial charge on any atom is -0.493 e. The molecule has 3 aromatic rings. The zero-order valence-electron chi connectivity index (χ0n) is 18.2. The summed E-state index contributed by atoms with van der Waals surface area (Å²) >= 11 is 3.02. The summed E-state index contributed by atoms with van der Waals surface area (Å²) in [6.45, 7) is 3.03. The quantitative estimate of drug-likeness (QED) is 0.443. The molecule has 4 rings (SSSR count). The molecule has 0 radical (unpaired) electrons. The second-order valence-electron chi connectivity index (χ2n) is 7.35. The molecule has 32 heavy (non-hydrogen) atoms. The molecule has 0 unspecified atom stereocenters. The number of nitrogens with zero attached hydrogens (tertiary/aromatic N) is 2. The number of hydrogen-bond donors (Lipinski definition) is 0. The lowest BCUT2D eigenvalue weighted by Crippen LogP contribution is -2.49. The maximum Gasteiger partial charge on any atom is 0.227 e. The largest absolute Gasteiger partial charge is 0.493 e. The predicted octanol–water partition coefficient (Wildman–Crippen LogP) is 4.74. The standard InChI is InChI=1S/C24H26N2O4S2/c1-28-22-8-3-18(15-23(22)29-2)16-24(27)26-12-10-25(11-13-26)19-4-6-20(7-5-19)30-32-21-9-14-31-17-21/h3-9,14-15,17H,10-13,16H2,1-2H3. The van der Waals surface area contributed by atoms with Gasteiger partial charge in [0.05, 0.1) is 37.6 Å². The summed E-state index contributed by atoms with van der Waals surface area (Å²) in [6, 6.07) is 15.8. The van der Waals surface area contributed by atoms with Crippen LogP contribution in [0.25, 0.3) is 0 Å². The monoisotopic (exact) mass is 470 g/mol. The van der Waals surface area contributed by atoms with Gasteiger partial charge in [0.15, 0.2) is 11.5 Å². The Labute approximate surface area is 196 Å². The highest BCUT2D eigenvalue weighted by Crippen LogP contribution is 2.29. The molecule has 0 bridgehead atoms. The minimum atomic E-state index is 0.131. The van der Waals surface area contributed by atoms with E-state index < -0.39 is 0 Å². The summed E-state index contributed by atoms with van der Waals surface area (Å²) in [6.07, 6.45) is 0.355. The van der Waals surface area contributed by atoms with E-state index >= 15 is 0 Å². The van der Waals surface area contributed by atoms with Gasteiger partial charge in [0.25, 0.3) is 0 Å². The normalized spacial score (nSPS) is 13.7. The number of hydrogen-bond acceptors (Lipinski definition) is 7. The SMILES string of the molecule is COc1ccc(CC(=O)N2CCN(c3ccc(OSc4ccsc4)cc3)CC2)cc1OC. The van der Waals surface area contributed by atoms with Crippen molar-refractivity contribution in [2.75, 3.05) is 45.3 Å². The molecule has 1 aliphatic heterocycles. The van der Waals surface area contributed by atoms with Crippen LogP contribution in [0, 0.1) is 0 Å². The topological polar surface area (TPSA) is 51.2 Å². The number of piperazine rings is 1. The molecule has 168 valence electrons. The molecule has 0 saturated carbocycles. The van der Waals surface area contributed by atoms with Gasteiger partial charge in [-0.2, -0.15) is 11.3 Å². The molecule has 6 nitrogen and oxygen atoms in total. The molecule has 2 heterocycles. The molecule has 1 aromatic heterocycles. The van der Waals surface area contributed by atoms with Crippen LogP contribution in [-0.4, -0.2) is 51.2 Å². The van der Waals surface area contributed by atoms with Gasteiger partial charge in [0.1, 0.15) is 5.75 Å². The average molecular weight is 471 g/mol. The summed E-state index contributed by atoms with van der Waals surface area (Å²) in [4.78, 5) is 18.1. The third kappa shape index (κ3) is 5.49. The number of rotatable bonds is 8. The number of methoxy groups -OCH3 is 2. The molecular formula is C24H26N2O4S2. The van der Waals surface area contributed by atoms with Crippen LogP contribution in [0.4, 0.5) is 5.69 Å². The Kier molecular flexibility index (Phi) is 7.44. The van der Waals surface area contributed by atoms with E-state index in [9.17, 15) is 4.79 Å². The Hall–Kier alpha value is -2.84. The van der Waals surface area contributed by atoms with E-state index in [-0.39, 0.29) is 5.91 Å². The van der Waals surface area contributed by atoms with E-state index in [1.807, 2.05) is 46.7 Å². The maximum atomic E-state index is 12.8. The smallest absolute Gasteiger partial charge is 0.227 e. The van der Waals surface area contributed by atoms with Crippen LogP contribution < -0.4 is 18.6 Å². The Morgan fingerprint density at radius 2 is 1.72 bits per heavy atom. The van der Waals surface area contributed by atoms with Gasteiger partial charge in [-0.25, -0.2) is 0 Å². The van der Waals surface area contributed by atoms with Gasteiger partial charge in [-0.1, -0.05) is 6.07 Å². The summed E-state index contributed by atoms with van der Waals surface area (Å²) in [7, 11) is 3.21. The molecule has 1 amide bonds. The summed E-state index contributed by atoms with van der Waals surface area (Å²) in [5.41, 5.74) is 2.07. The fourth-order valence-electron chi connectivity index (χ4n) is 3.60. The van der Waals surface area contributed by atoms with E-state index in [0.29, 0.717) is 31.0 Å². The Bertz CT molecular complexity index is 1020. The van der Waals surface area contributed by atoms with Crippen molar-refractivity contribution in [2.24, 2.45) is 0 Å². The zero-order chi connectivity index (χ0) is 22.3. The van der Waals surface area contributed by atoms with Crippen molar-refractivity contribution in [2.45, 2.75) is 11.3 Å². The number of benzene rings is 2. The molecule has 1 aliphatic rings. The molecule has 1 saturated heterocycles. The van der Waals surface area contributed by atoms with Crippen LogP contribution in [0.15, 0.2) is 64.2 Å². The lowest BCUT2D eigenvalue weighted by atomic mass is 10.1. The first-order valence-electron chi connectivity index (χ1n) is 10.4. The lowest BCUT2D eigenvalue weighted by Gasteiger charge is -2.36. The van der Waals surface area contributed by atoms with Crippen LogP contribution in [0.5, 0.6) is 17.2 Å². The van der Waals surface area contributed by atoms with Crippen molar-refractivity contribution >= 4 is 35.0 Å². The number of thiophene rings is 1. The van der Waals surface area contributed by atoms with Crippen molar-refractivity contribution in [1.29, 1.82) is 0 Å². The van der Waals surface area contributed by atoms with Gasteiger partial charge in [0.2, 0.25) is 5.91 Å². The van der Waals surface area contributed by atoms with Crippen LogP contribution in [0.3, 0.4) is 0 Å². The number of carbonyl (C=O) groups is 1. The van der Waals surface area contributed by atoms with Crippen LogP contribution in [0.1, 0.15) is 5.56 Å².